The van der Waals surface area contributed by atoms with Gasteiger partial charge in [-0.25, -0.2) is 9.50 Å². The van der Waals surface area contributed by atoms with Crippen molar-refractivity contribution in [1.82, 2.24) is 24.4 Å². The third-order valence-electron chi connectivity index (χ3n) is 7.58. The third kappa shape index (κ3) is 3.27. The Hall–Kier alpha value is -2.15. The first-order chi connectivity index (χ1) is 14.6. The highest BCUT2D eigenvalue weighted by Crippen LogP contribution is 2.33. The molecule has 4 heterocycles. The van der Waals surface area contributed by atoms with E-state index in [1.807, 2.05) is 17.9 Å². The van der Waals surface area contributed by atoms with E-state index in [0.717, 1.165) is 55.7 Å². The Bertz CT molecular complexity index is 1000. The maximum Gasteiger partial charge on any atom is 0.277 e. The van der Waals surface area contributed by atoms with E-state index in [2.05, 4.69) is 16.9 Å². The van der Waals surface area contributed by atoms with Gasteiger partial charge in [0.05, 0.1) is 23.0 Å². The number of likely N-dealkylation sites (tertiary alicyclic amines) is 1. The quantitative estimate of drug-likeness (QED) is 0.839. The standard InChI is InChI=1S/C23H33N5O2/c1-3-15(2)22(29)27-11-6-9-20(27)19-13-21-24-18-10-12-26(16-7-4-5-8-16)14-17(18)23(30)28(21)25-19/h13,15-16,20,25H,3-12,14H2,1-2H3/t15-,20+/m0/s1. The molecule has 30 heavy (non-hydrogen) atoms. The molecule has 1 saturated carbocycles. The summed E-state index contributed by atoms with van der Waals surface area (Å²) in [5, 5.41) is 3.31. The number of nitrogens with zero attached hydrogens (tertiary/aromatic N) is 4. The Morgan fingerprint density at radius 3 is 2.80 bits per heavy atom. The summed E-state index contributed by atoms with van der Waals surface area (Å²) in [6, 6.07) is 2.62. The van der Waals surface area contributed by atoms with Crippen molar-refractivity contribution in [1.29, 1.82) is 0 Å². The first-order valence-corrected chi connectivity index (χ1v) is 11.7. The number of aromatic nitrogens is 3. The highest BCUT2D eigenvalue weighted by atomic mass is 16.2. The topological polar surface area (TPSA) is 73.7 Å². The van der Waals surface area contributed by atoms with Crippen LogP contribution in [-0.2, 0) is 17.8 Å². The van der Waals surface area contributed by atoms with Crippen LogP contribution in [-0.4, -0.2) is 49.4 Å². The van der Waals surface area contributed by atoms with Crippen molar-refractivity contribution in [2.75, 3.05) is 13.1 Å². The fourth-order valence-electron chi connectivity index (χ4n) is 5.58. The van der Waals surface area contributed by atoms with Crippen LogP contribution in [0.3, 0.4) is 0 Å². The van der Waals surface area contributed by atoms with Gasteiger partial charge in [-0.05, 0) is 32.1 Å². The second-order valence-electron chi connectivity index (χ2n) is 9.41. The Kier molecular flexibility index (Phi) is 5.17. The van der Waals surface area contributed by atoms with Crippen LogP contribution in [0.15, 0.2) is 10.9 Å². The minimum atomic E-state index is 0.0135. The van der Waals surface area contributed by atoms with Crippen LogP contribution in [0.2, 0.25) is 0 Å². The number of amides is 1. The highest BCUT2D eigenvalue weighted by molar-refractivity contribution is 5.79. The molecule has 0 bridgehead atoms. The van der Waals surface area contributed by atoms with E-state index in [4.69, 9.17) is 4.98 Å². The minimum absolute atomic E-state index is 0.0135. The molecule has 5 rings (SSSR count). The average molecular weight is 412 g/mol. The number of aromatic amines is 1. The fraction of sp³-hybridized carbons (Fsp3) is 0.696. The molecule has 2 fully saturated rings. The molecule has 1 aliphatic carbocycles. The number of fused-ring (bicyclic) bond motifs is 2. The van der Waals surface area contributed by atoms with Crippen molar-refractivity contribution in [2.45, 2.75) is 83.8 Å². The van der Waals surface area contributed by atoms with Gasteiger partial charge in [-0.1, -0.05) is 26.7 Å². The van der Waals surface area contributed by atoms with Crippen molar-refractivity contribution in [3.63, 3.8) is 0 Å². The van der Waals surface area contributed by atoms with E-state index >= 15 is 0 Å². The van der Waals surface area contributed by atoms with Gasteiger partial charge in [-0.2, -0.15) is 0 Å². The van der Waals surface area contributed by atoms with Crippen molar-refractivity contribution in [2.24, 2.45) is 5.92 Å². The smallest absolute Gasteiger partial charge is 0.277 e. The number of carbonyl (C=O) groups excluding carboxylic acids is 1. The molecule has 1 amide bonds. The molecule has 2 atom stereocenters. The van der Waals surface area contributed by atoms with Gasteiger partial charge in [0.25, 0.3) is 5.56 Å². The van der Waals surface area contributed by atoms with E-state index < -0.39 is 0 Å². The van der Waals surface area contributed by atoms with Gasteiger partial charge in [0.1, 0.15) is 0 Å². The normalized spacial score (nSPS) is 23.9. The van der Waals surface area contributed by atoms with Crippen LogP contribution in [0.5, 0.6) is 0 Å². The van der Waals surface area contributed by atoms with Crippen LogP contribution in [0, 0.1) is 5.92 Å². The molecule has 0 aromatic carbocycles. The van der Waals surface area contributed by atoms with Gasteiger partial charge in [0.15, 0.2) is 5.65 Å². The van der Waals surface area contributed by atoms with Gasteiger partial charge in [0, 0.05) is 44.1 Å². The Morgan fingerprint density at radius 2 is 2.03 bits per heavy atom. The number of hydrogen-bond acceptors (Lipinski definition) is 4. The summed E-state index contributed by atoms with van der Waals surface area (Å²) >= 11 is 0. The van der Waals surface area contributed by atoms with Crippen LogP contribution >= 0.6 is 0 Å². The van der Waals surface area contributed by atoms with Crippen molar-refractivity contribution in [3.8, 4) is 0 Å². The Labute approximate surface area is 177 Å². The number of rotatable bonds is 4. The lowest BCUT2D eigenvalue weighted by Crippen LogP contribution is -2.41. The molecule has 0 unspecified atom stereocenters. The largest absolute Gasteiger partial charge is 0.334 e. The van der Waals surface area contributed by atoms with E-state index in [-0.39, 0.29) is 23.4 Å². The zero-order valence-corrected chi connectivity index (χ0v) is 18.2. The zero-order valence-electron chi connectivity index (χ0n) is 18.2. The highest BCUT2D eigenvalue weighted by Gasteiger charge is 2.34. The van der Waals surface area contributed by atoms with Crippen LogP contribution < -0.4 is 5.56 Å². The summed E-state index contributed by atoms with van der Waals surface area (Å²) in [4.78, 5) is 35.5. The first kappa shape index (κ1) is 19.8. The molecule has 3 aliphatic rings. The maximum absolute atomic E-state index is 13.3. The van der Waals surface area contributed by atoms with Crippen LogP contribution in [0.25, 0.3) is 5.65 Å². The summed E-state index contributed by atoms with van der Waals surface area (Å²) in [5.41, 5.74) is 3.45. The number of H-pyrrole nitrogens is 1. The van der Waals surface area contributed by atoms with Crippen molar-refractivity contribution >= 4 is 11.6 Å². The van der Waals surface area contributed by atoms with Gasteiger partial charge < -0.3 is 4.90 Å². The molecular weight excluding hydrogens is 378 g/mol. The average Bonchev–Trinajstić information content (AvgIpc) is 3.52. The molecule has 2 aliphatic heterocycles. The fourth-order valence-corrected chi connectivity index (χ4v) is 5.58. The Morgan fingerprint density at radius 1 is 1.23 bits per heavy atom. The Balaban J connectivity index is 1.46. The number of nitrogens with one attached hydrogen (secondary N) is 1. The second-order valence-corrected chi connectivity index (χ2v) is 9.41. The van der Waals surface area contributed by atoms with E-state index in [0.29, 0.717) is 18.2 Å². The van der Waals surface area contributed by atoms with Crippen LogP contribution in [0.1, 0.15) is 81.8 Å². The molecule has 0 spiro atoms. The summed E-state index contributed by atoms with van der Waals surface area (Å²) in [6.45, 7) is 6.56. The summed E-state index contributed by atoms with van der Waals surface area (Å²) < 4.78 is 1.61. The van der Waals surface area contributed by atoms with Crippen LogP contribution in [0.4, 0.5) is 0 Å². The van der Waals surface area contributed by atoms with E-state index in [9.17, 15) is 9.59 Å². The lowest BCUT2D eigenvalue weighted by atomic mass is 10.0. The number of hydrogen-bond donors (Lipinski definition) is 1. The zero-order chi connectivity index (χ0) is 20.8. The van der Waals surface area contributed by atoms with Crippen molar-refractivity contribution in [3.05, 3.63) is 33.4 Å². The first-order valence-electron chi connectivity index (χ1n) is 11.7. The molecule has 162 valence electrons. The molecule has 1 N–H and O–H groups in total. The third-order valence-corrected chi connectivity index (χ3v) is 7.58. The monoisotopic (exact) mass is 411 g/mol. The van der Waals surface area contributed by atoms with Crippen molar-refractivity contribution < 1.29 is 4.79 Å². The van der Waals surface area contributed by atoms with E-state index in [1.165, 1.54) is 25.7 Å². The molecule has 1 saturated heterocycles. The van der Waals surface area contributed by atoms with E-state index in [1.54, 1.807) is 4.52 Å². The molecule has 2 aromatic rings. The molecule has 0 radical (unpaired) electrons. The van der Waals surface area contributed by atoms with Gasteiger partial charge in [0.2, 0.25) is 5.91 Å². The number of carbonyl (C=O) groups is 1. The predicted molar refractivity (Wildman–Crippen MR) is 115 cm³/mol. The van der Waals surface area contributed by atoms with Gasteiger partial charge in [-0.15, -0.1) is 0 Å². The summed E-state index contributed by atoms with van der Waals surface area (Å²) in [5.74, 6) is 0.246. The minimum Gasteiger partial charge on any atom is -0.334 e. The lowest BCUT2D eigenvalue weighted by Gasteiger charge is -2.32. The molecular formula is C23H33N5O2. The summed E-state index contributed by atoms with van der Waals surface area (Å²) in [6.07, 6.45) is 8.73. The van der Waals surface area contributed by atoms with Gasteiger partial charge in [-0.3, -0.25) is 19.6 Å². The molecule has 7 heteroatoms. The molecule has 2 aromatic heterocycles. The molecule has 7 nitrogen and oxygen atoms in total. The maximum atomic E-state index is 13.3. The SMILES string of the molecule is CC[C@H](C)C(=O)N1CCC[C@@H]1c1cc2nc3c(c(=O)n2[nH]1)CN(C1CCCC1)CC3. The predicted octanol–water partition coefficient (Wildman–Crippen LogP) is 3.03. The van der Waals surface area contributed by atoms with Gasteiger partial charge >= 0.3 is 0 Å². The summed E-state index contributed by atoms with van der Waals surface area (Å²) in [7, 11) is 0. The lowest BCUT2D eigenvalue weighted by molar-refractivity contribution is -0.136. The second kappa shape index (κ2) is 7.84.